The van der Waals surface area contributed by atoms with Crippen LogP contribution in [-0.2, 0) is 13.1 Å². The van der Waals surface area contributed by atoms with Gasteiger partial charge in [-0.1, -0.05) is 18.2 Å². The minimum Gasteiger partial charge on any atom is -0.481 e. The van der Waals surface area contributed by atoms with Gasteiger partial charge in [0.2, 0.25) is 5.88 Å². The number of rotatable bonds is 5. The number of nitrogens with zero attached hydrogens (tertiary/aromatic N) is 5. The molecule has 0 atom stereocenters. The number of aromatic nitrogens is 5. The van der Waals surface area contributed by atoms with E-state index in [0.717, 1.165) is 16.8 Å². The number of aryl methyl sites for hydroxylation is 2. The van der Waals surface area contributed by atoms with Gasteiger partial charge in [0.25, 0.3) is 5.56 Å². The third-order valence-corrected chi connectivity index (χ3v) is 4.23. The van der Waals surface area contributed by atoms with Gasteiger partial charge in [0.15, 0.2) is 0 Å². The largest absolute Gasteiger partial charge is 0.481 e. The van der Waals surface area contributed by atoms with E-state index in [1.54, 1.807) is 25.7 Å². The third kappa shape index (κ3) is 2.95. The Morgan fingerprint density at radius 3 is 2.85 bits per heavy atom. The average molecular weight is 347 g/mol. The van der Waals surface area contributed by atoms with Crippen molar-refractivity contribution in [2.24, 2.45) is 0 Å². The van der Waals surface area contributed by atoms with Crippen LogP contribution in [0.15, 0.2) is 66.0 Å². The summed E-state index contributed by atoms with van der Waals surface area (Å²) in [5.41, 5.74) is 0.816. The molecule has 7 heteroatoms. The lowest BCUT2D eigenvalue weighted by molar-refractivity contribution is 0.398. The number of hydrogen-bond acceptors (Lipinski definition) is 5. The van der Waals surface area contributed by atoms with Gasteiger partial charge in [0.1, 0.15) is 5.82 Å². The maximum atomic E-state index is 12.6. The maximum absolute atomic E-state index is 12.6. The molecule has 0 spiro atoms. The van der Waals surface area contributed by atoms with Crippen LogP contribution in [0.25, 0.3) is 22.2 Å². The van der Waals surface area contributed by atoms with Gasteiger partial charge < -0.3 is 9.30 Å². The van der Waals surface area contributed by atoms with Gasteiger partial charge in [-0.05, 0) is 12.1 Å². The van der Waals surface area contributed by atoms with Crippen LogP contribution >= 0.6 is 0 Å². The van der Waals surface area contributed by atoms with Crippen LogP contribution in [0, 0.1) is 0 Å². The van der Waals surface area contributed by atoms with E-state index in [9.17, 15) is 4.79 Å². The van der Waals surface area contributed by atoms with E-state index in [1.165, 1.54) is 4.68 Å². The minimum atomic E-state index is -0.0876. The molecule has 7 nitrogen and oxygen atoms in total. The lowest BCUT2D eigenvalue weighted by Crippen LogP contribution is -2.24. The van der Waals surface area contributed by atoms with Crippen molar-refractivity contribution < 1.29 is 4.74 Å². The predicted molar refractivity (Wildman–Crippen MR) is 98.0 cm³/mol. The highest BCUT2D eigenvalue weighted by atomic mass is 16.5. The second kappa shape index (κ2) is 6.79. The third-order valence-electron chi connectivity index (χ3n) is 4.23. The van der Waals surface area contributed by atoms with E-state index >= 15 is 0 Å². The Kier molecular flexibility index (Phi) is 4.18. The summed E-state index contributed by atoms with van der Waals surface area (Å²) in [6.07, 6.45) is 7.02. The van der Waals surface area contributed by atoms with Crippen LogP contribution < -0.4 is 10.3 Å². The minimum absolute atomic E-state index is 0.0876. The fourth-order valence-corrected chi connectivity index (χ4v) is 2.90. The Bertz CT molecular complexity index is 1120. The van der Waals surface area contributed by atoms with Crippen molar-refractivity contribution >= 4 is 10.8 Å². The van der Waals surface area contributed by atoms with Crippen LogP contribution in [0.5, 0.6) is 5.88 Å². The van der Waals surface area contributed by atoms with Crippen molar-refractivity contribution in [2.75, 3.05) is 7.11 Å². The summed E-state index contributed by atoms with van der Waals surface area (Å²) >= 11 is 0. The van der Waals surface area contributed by atoms with E-state index in [-0.39, 0.29) is 5.56 Å². The summed E-state index contributed by atoms with van der Waals surface area (Å²) in [6, 6.07) is 11.2. The maximum Gasteiger partial charge on any atom is 0.274 e. The van der Waals surface area contributed by atoms with E-state index in [2.05, 4.69) is 15.1 Å². The molecule has 130 valence electrons. The molecule has 0 N–H and O–H groups in total. The first kappa shape index (κ1) is 16.0. The van der Waals surface area contributed by atoms with Gasteiger partial charge in [-0.15, -0.1) is 0 Å². The summed E-state index contributed by atoms with van der Waals surface area (Å²) in [5.74, 6) is 1.32. The molecule has 0 saturated heterocycles. The van der Waals surface area contributed by atoms with Crippen LogP contribution in [0.2, 0.25) is 0 Å². The molecule has 4 rings (SSSR count). The Labute approximate surface area is 149 Å². The molecule has 3 heterocycles. The van der Waals surface area contributed by atoms with Crippen molar-refractivity contribution in [2.45, 2.75) is 13.1 Å². The predicted octanol–water partition coefficient (Wildman–Crippen LogP) is 2.36. The molecule has 0 radical (unpaired) electrons. The Balaban J connectivity index is 1.61. The average Bonchev–Trinajstić information content (AvgIpc) is 3.16. The Morgan fingerprint density at radius 2 is 1.96 bits per heavy atom. The Hall–Kier alpha value is -3.48. The number of benzene rings is 1. The fourth-order valence-electron chi connectivity index (χ4n) is 2.90. The zero-order valence-electron chi connectivity index (χ0n) is 14.2. The highest BCUT2D eigenvalue weighted by molar-refractivity contribution is 5.80. The van der Waals surface area contributed by atoms with Crippen molar-refractivity contribution in [1.82, 2.24) is 24.3 Å². The lowest BCUT2D eigenvalue weighted by atomic mass is 10.2. The number of methoxy groups -OCH3 is 1. The molecule has 0 saturated carbocycles. The molecule has 0 amide bonds. The normalized spacial score (nSPS) is 11.0. The lowest BCUT2D eigenvalue weighted by Gasteiger charge is -2.10. The van der Waals surface area contributed by atoms with Crippen molar-refractivity contribution in [3.8, 4) is 17.3 Å². The van der Waals surface area contributed by atoms with Crippen molar-refractivity contribution in [3.63, 3.8) is 0 Å². The molecule has 0 unspecified atom stereocenters. The molecule has 0 bridgehead atoms. The standard InChI is InChI=1S/C19H17N5O2/c1-26-17-12-14(6-7-20-17)18-21-8-9-23(18)10-11-24-19(25)16-5-3-2-4-15(16)13-22-24/h2-9,12-13H,10-11H2,1H3. The molecule has 0 aliphatic carbocycles. The van der Waals surface area contributed by atoms with E-state index < -0.39 is 0 Å². The van der Waals surface area contributed by atoms with Gasteiger partial charge in [0, 0.05) is 42.2 Å². The van der Waals surface area contributed by atoms with Crippen LogP contribution in [-0.4, -0.2) is 31.4 Å². The number of pyridine rings is 1. The monoisotopic (exact) mass is 347 g/mol. The first-order valence-electron chi connectivity index (χ1n) is 8.22. The van der Waals surface area contributed by atoms with Gasteiger partial charge in [-0.2, -0.15) is 5.10 Å². The molecular weight excluding hydrogens is 330 g/mol. The summed E-state index contributed by atoms with van der Waals surface area (Å²) in [7, 11) is 1.58. The highest BCUT2D eigenvalue weighted by Gasteiger charge is 2.09. The Morgan fingerprint density at radius 1 is 1.08 bits per heavy atom. The smallest absolute Gasteiger partial charge is 0.274 e. The first-order valence-corrected chi connectivity index (χ1v) is 8.22. The molecule has 0 aliphatic rings. The summed E-state index contributed by atoms with van der Waals surface area (Å²) in [5, 5.41) is 5.80. The topological polar surface area (TPSA) is 74.8 Å². The highest BCUT2D eigenvalue weighted by Crippen LogP contribution is 2.20. The molecule has 4 aromatic rings. The molecule has 26 heavy (non-hydrogen) atoms. The van der Waals surface area contributed by atoms with E-state index in [4.69, 9.17) is 4.74 Å². The summed E-state index contributed by atoms with van der Waals surface area (Å²) in [6.45, 7) is 1.03. The summed E-state index contributed by atoms with van der Waals surface area (Å²) in [4.78, 5) is 21.1. The van der Waals surface area contributed by atoms with Crippen LogP contribution in [0.1, 0.15) is 0 Å². The number of ether oxygens (including phenoxy) is 1. The molecule has 0 fully saturated rings. The van der Waals surface area contributed by atoms with Gasteiger partial charge >= 0.3 is 0 Å². The quantitative estimate of drug-likeness (QED) is 0.554. The number of hydrogen-bond donors (Lipinski definition) is 0. The van der Waals surface area contributed by atoms with Crippen LogP contribution in [0.4, 0.5) is 0 Å². The van der Waals surface area contributed by atoms with Gasteiger partial charge in [-0.3, -0.25) is 4.79 Å². The summed E-state index contributed by atoms with van der Waals surface area (Å²) < 4.78 is 8.64. The number of imidazole rings is 1. The first-order chi connectivity index (χ1) is 12.8. The van der Waals surface area contributed by atoms with Crippen LogP contribution in [0.3, 0.4) is 0 Å². The SMILES string of the molecule is COc1cc(-c2nccn2CCn2ncc3ccccc3c2=O)ccn1. The van der Waals surface area contributed by atoms with Crippen molar-refractivity contribution in [3.05, 3.63) is 71.5 Å². The van der Waals surface area contributed by atoms with Gasteiger partial charge in [0.05, 0.1) is 25.2 Å². The number of fused-ring (bicyclic) bond motifs is 1. The molecule has 3 aromatic heterocycles. The van der Waals surface area contributed by atoms with E-state index in [1.807, 2.05) is 47.2 Å². The zero-order chi connectivity index (χ0) is 17.9. The molecule has 0 aliphatic heterocycles. The fraction of sp³-hybridized carbons (Fsp3) is 0.158. The van der Waals surface area contributed by atoms with E-state index in [0.29, 0.717) is 24.4 Å². The second-order valence-corrected chi connectivity index (χ2v) is 5.79. The van der Waals surface area contributed by atoms with Gasteiger partial charge in [-0.25, -0.2) is 14.6 Å². The zero-order valence-corrected chi connectivity index (χ0v) is 14.2. The molecule has 1 aromatic carbocycles. The van der Waals surface area contributed by atoms with Crippen molar-refractivity contribution in [1.29, 1.82) is 0 Å². The molecular formula is C19H17N5O2. The second-order valence-electron chi connectivity index (χ2n) is 5.79.